The van der Waals surface area contributed by atoms with E-state index >= 15 is 0 Å². The summed E-state index contributed by atoms with van der Waals surface area (Å²) in [6.45, 7) is 4.65. The Labute approximate surface area is 200 Å². The van der Waals surface area contributed by atoms with Gasteiger partial charge in [0.2, 0.25) is 5.01 Å². The molecule has 0 saturated heterocycles. The molecule has 176 valence electrons. The highest BCUT2D eigenvalue weighted by atomic mass is 32.1. The number of benzene rings is 2. The molecule has 0 radical (unpaired) electrons. The van der Waals surface area contributed by atoms with Crippen LogP contribution in [0.2, 0.25) is 0 Å². The Hall–Kier alpha value is -3.79. The largest absolute Gasteiger partial charge is 0.458 e. The van der Waals surface area contributed by atoms with E-state index in [0.29, 0.717) is 17.2 Å². The number of nitrogens with zero attached hydrogens (tertiary/aromatic N) is 4. The standard InChI is InChI=1S/C24H25N5O4S/c1-3-16-9-11-17(12-10-16)25-22(31)23-27-26-20(34-23)15-33-21(30)13-14-29-19-8-6-5-7-18(19)28(4-2)24(29)32/h5-12H,3-4,13-15H2,1-2H3,(H,25,31). The average Bonchev–Trinajstić information content (AvgIpc) is 3.44. The first kappa shape index (κ1) is 23.4. The van der Waals surface area contributed by atoms with E-state index in [9.17, 15) is 14.4 Å². The maximum Gasteiger partial charge on any atom is 0.329 e. The van der Waals surface area contributed by atoms with Gasteiger partial charge in [-0.25, -0.2) is 4.79 Å². The van der Waals surface area contributed by atoms with Crippen molar-refractivity contribution >= 4 is 39.9 Å². The molecule has 0 saturated carbocycles. The van der Waals surface area contributed by atoms with Crippen molar-refractivity contribution in [2.24, 2.45) is 0 Å². The molecule has 2 heterocycles. The highest BCUT2D eigenvalue weighted by Gasteiger charge is 2.16. The normalized spacial score (nSPS) is 11.0. The summed E-state index contributed by atoms with van der Waals surface area (Å²) in [7, 11) is 0. The van der Waals surface area contributed by atoms with Gasteiger partial charge in [-0.3, -0.25) is 18.7 Å². The molecule has 4 aromatic rings. The number of ether oxygens (including phenoxy) is 1. The molecule has 2 aromatic carbocycles. The Morgan fingerprint density at radius 1 is 1.00 bits per heavy atom. The molecule has 34 heavy (non-hydrogen) atoms. The zero-order chi connectivity index (χ0) is 24.1. The fraction of sp³-hybridized carbons (Fsp3) is 0.292. The van der Waals surface area contributed by atoms with Crippen LogP contribution in [0.5, 0.6) is 0 Å². The molecule has 0 fully saturated rings. The number of aromatic nitrogens is 4. The minimum absolute atomic E-state index is 0.0392. The highest BCUT2D eigenvalue weighted by molar-refractivity contribution is 7.13. The fourth-order valence-corrected chi connectivity index (χ4v) is 4.27. The molecule has 1 N–H and O–H groups in total. The van der Waals surface area contributed by atoms with E-state index in [2.05, 4.69) is 22.4 Å². The zero-order valence-corrected chi connectivity index (χ0v) is 19.8. The minimum atomic E-state index is -0.461. The fourth-order valence-electron chi connectivity index (χ4n) is 3.62. The van der Waals surface area contributed by atoms with Crippen LogP contribution in [0.15, 0.2) is 53.3 Å². The number of hydrogen-bond acceptors (Lipinski definition) is 7. The molecule has 0 aliphatic heterocycles. The third-order valence-corrected chi connectivity index (χ3v) is 6.31. The lowest BCUT2D eigenvalue weighted by Crippen LogP contribution is -2.25. The number of carbonyl (C=O) groups is 2. The van der Waals surface area contributed by atoms with Crippen LogP contribution in [0.4, 0.5) is 5.69 Å². The number of carbonyl (C=O) groups excluding carboxylic acids is 2. The first-order valence-electron chi connectivity index (χ1n) is 11.1. The van der Waals surface area contributed by atoms with Crippen LogP contribution < -0.4 is 11.0 Å². The van der Waals surface area contributed by atoms with Gasteiger partial charge >= 0.3 is 11.7 Å². The molecule has 0 spiro atoms. The molecule has 0 aliphatic rings. The summed E-state index contributed by atoms with van der Waals surface area (Å²) >= 11 is 1.06. The van der Waals surface area contributed by atoms with Gasteiger partial charge in [-0.2, -0.15) is 0 Å². The zero-order valence-electron chi connectivity index (χ0n) is 19.0. The van der Waals surface area contributed by atoms with Crippen molar-refractivity contribution in [2.45, 2.75) is 46.4 Å². The van der Waals surface area contributed by atoms with Crippen molar-refractivity contribution in [3.05, 3.63) is 74.6 Å². The van der Waals surface area contributed by atoms with Gasteiger partial charge in [-0.15, -0.1) is 10.2 Å². The van der Waals surface area contributed by atoms with Gasteiger partial charge in [0, 0.05) is 18.8 Å². The van der Waals surface area contributed by atoms with E-state index in [0.717, 1.165) is 28.8 Å². The Morgan fingerprint density at radius 2 is 1.71 bits per heavy atom. The number of anilines is 1. The first-order valence-corrected chi connectivity index (χ1v) is 11.9. The molecule has 1 amide bonds. The number of fused-ring (bicyclic) bond motifs is 1. The monoisotopic (exact) mass is 479 g/mol. The summed E-state index contributed by atoms with van der Waals surface area (Å²) in [5, 5.41) is 11.2. The van der Waals surface area contributed by atoms with Crippen LogP contribution in [-0.4, -0.2) is 31.2 Å². The first-order chi connectivity index (χ1) is 16.5. The van der Waals surface area contributed by atoms with Gasteiger partial charge in [-0.05, 0) is 43.2 Å². The Balaban J connectivity index is 1.31. The van der Waals surface area contributed by atoms with Crippen molar-refractivity contribution in [1.29, 1.82) is 0 Å². The van der Waals surface area contributed by atoms with Gasteiger partial charge in [-0.1, -0.05) is 42.5 Å². The molecule has 0 atom stereocenters. The summed E-state index contributed by atoms with van der Waals surface area (Å²) in [5.74, 6) is -0.830. The average molecular weight is 480 g/mol. The van der Waals surface area contributed by atoms with Gasteiger partial charge in [0.05, 0.1) is 17.5 Å². The number of rotatable bonds is 9. The smallest absolute Gasteiger partial charge is 0.329 e. The van der Waals surface area contributed by atoms with Gasteiger partial charge in [0.25, 0.3) is 5.91 Å². The lowest BCUT2D eigenvalue weighted by Gasteiger charge is -2.04. The number of aryl methyl sites for hydroxylation is 3. The Morgan fingerprint density at radius 3 is 2.38 bits per heavy atom. The van der Waals surface area contributed by atoms with Crippen molar-refractivity contribution in [2.75, 3.05) is 5.32 Å². The maximum absolute atomic E-state index is 12.7. The van der Waals surface area contributed by atoms with E-state index < -0.39 is 5.97 Å². The van der Waals surface area contributed by atoms with E-state index in [1.54, 1.807) is 9.13 Å². The molecule has 2 aromatic heterocycles. The molecular weight excluding hydrogens is 454 g/mol. The lowest BCUT2D eigenvalue weighted by atomic mass is 10.1. The number of amides is 1. The SMILES string of the molecule is CCc1ccc(NC(=O)c2nnc(COC(=O)CCn3c(=O)n(CC)c4ccccc43)s2)cc1. The Kier molecular flexibility index (Phi) is 7.17. The summed E-state index contributed by atoms with van der Waals surface area (Å²) < 4.78 is 8.54. The molecule has 4 rings (SSSR count). The summed E-state index contributed by atoms with van der Waals surface area (Å²) in [4.78, 5) is 37.3. The number of imidazole rings is 1. The number of hydrogen-bond donors (Lipinski definition) is 1. The van der Waals surface area contributed by atoms with Crippen molar-refractivity contribution in [1.82, 2.24) is 19.3 Å². The molecule has 10 heteroatoms. The van der Waals surface area contributed by atoms with Crippen LogP contribution in [0.3, 0.4) is 0 Å². The third kappa shape index (κ3) is 5.07. The molecule has 9 nitrogen and oxygen atoms in total. The van der Waals surface area contributed by atoms with Crippen molar-refractivity contribution < 1.29 is 14.3 Å². The second-order valence-corrected chi connectivity index (χ2v) is 8.65. The summed E-state index contributed by atoms with van der Waals surface area (Å²) in [6.07, 6.45) is 0.961. The number of para-hydroxylation sites is 2. The van der Waals surface area contributed by atoms with E-state index in [1.165, 1.54) is 5.56 Å². The Bertz CT molecular complexity index is 1370. The summed E-state index contributed by atoms with van der Waals surface area (Å²) in [5.41, 5.74) is 3.32. The minimum Gasteiger partial charge on any atom is -0.458 e. The quantitative estimate of drug-likeness (QED) is 0.367. The summed E-state index contributed by atoms with van der Waals surface area (Å²) in [6, 6.07) is 15.1. The van der Waals surface area contributed by atoms with Crippen molar-refractivity contribution in [3.63, 3.8) is 0 Å². The molecular formula is C24H25N5O4S. The maximum atomic E-state index is 12.7. The van der Waals surface area contributed by atoms with Crippen LogP contribution in [0.25, 0.3) is 11.0 Å². The van der Waals surface area contributed by atoms with Gasteiger partial charge < -0.3 is 10.1 Å². The van der Waals surface area contributed by atoms with E-state index in [1.807, 2.05) is 55.5 Å². The second-order valence-electron chi connectivity index (χ2n) is 7.58. The van der Waals surface area contributed by atoms with E-state index in [-0.39, 0.29) is 36.2 Å². The van der Waals surface area contributed by atoms with Crippen molar-refractivity contribution in [3.8, 4) is 0 Å². The lowest BCUT2D eigenvalue weighted by molar-refractivity contribution is -0.145. The molecule has 0 aliphatic carbocycles. The van der Waals surface area contributed by atoms with Crippen LogP contribution in [0, 0.1) is 0 Å². The predicted molar refractivity (Wildman–Crippen MR) is 130 cm³/mol. The topological polar surface area (TPSA) is 108 Å². The van der Waals surface area contributed by atoms with Gasteiger partial charge in [0.15, 0.2) is 5.01 Å². The highest BCUT2D eigenvalue weighted by Crippen LogP contribution is 2.16. The van der Waals surface area contributed by atoms with E-state index in [4.69, 9.17) is 4.74 Å². The third-order valence-electron chi connectivity index (χ3n) is 5.42. The second kappa shape index (κ2) is 10.4. The van der Waals surface area contributed by atoms with Crippen LogP contribution in [-0.2, 0) is 35.6 Å². The molecule has 0 unspecified atom stereocenters. The van der Waals surface area contributed by atoms with Gasteiger partial charge in [0.1, 0.15) is 6.61 Å². The van der Waals surface area contributed by atoms with Crippen LogP contribution in [0.1, 0.15) is 40.6 Å². The number of esters is 1. The van der Waals surface area contributed by atoms with Crippen LogP contribution >= 0.6 is 11.3 Å². The molecule has 0 bridgehead atoms. The predicted octanol–water partition coefficient (Wildman–Crippen LogP) is 3.62. The number of nitrogens with one attached hydrogen (secondary N) is 1.